The first-order valence-electron chi connectivity index (χ1n) is 9.55. The van der Waals surface area contributed by atoms with Crippen molar-refractivity contribution in [3.63, 3.8) is 0 Å². The number of benzene rings is 2. The predicted octanol–water partition coefficient (Wildman–Crippen LogP) is 6.19. The molecule has 2 fully saturated rings. The third-order valence-corrected chi connectivity index (χ3v) is 7.22. The van der Waals surface area contributed by atoms with Gasteiger partial charge in [0, 0.05) is 5.41 Å². The molecule has 2 bridgehead atoms. The quantitative estimate of drug-likeness (QED) is 0.589. The minimum Gasteiger partial charge on any atom is -0.0651 e. The molecule has 3 unspecified atom stereocenters. The predicted molar refractivity (Wildman–Crippen MR) is 96.5 cm³/mol. The number of rotatable bonds is 1. The zero-order valence-electron chi connectivity index (χ0n) is 14.1. The first-order valence-corrected chi connectivity index (χ1v) is 9.55. The van der Waals surface area contributed by atoms with Crippen LogP contribution in [0.5, 0.6) is 0 Å². The molecule has 3 atom stereocenters. The highest BCUT2D eigenvalue weighted by molar-refractivity contribution is 5.81. The molecule has 2 aromatic carbocycles. The molecule has 0 saturated heterocycles. The van der Waals surface area contributed by atoms with Crippen molar-refractivity contribution >= 4 is 0 Å². The smallest absolute Gasteiger partial charge is 0.0271 e. The van der Waals surface area contributed by atoms with Crippen LogP contribution in [0.25, 0.3) is 11.1 Å². The molecule has 0 aliphatic heterocycles. The van der Waals surface area contributed by atoms with Gasteiger partial charge in [-0.15, -0.1) is 0 Å². The highest BCUT2D eigenvalue weighted by atomic mass is 14.6. The first-order chi connectivity index (χ1) is 11.4. The molecule has 0 amide bonds. The highest BCUT2D eigenvalue weighted by Crippen LogP contribution is 2.64. The number of hydrogen-bond acceptors (Lipinski definition) is 0. The summed E-state index contributed by atoms with van der Waals surface area (Å²) < 4.78 is 0. The summed E-state index contributed by atoms with van der Waals surface area (Å²) in [4.78, 5) is 0. The maximum Gasteiger partial charge on any atom is 0.0271 e. The first kappa shape index (κ1) is 13.8. The van der Waals surface area contributed by atoms with Crippen molar-refractivity contribution in [3.8, 4) is 11.1 Å². The van der Waals surface area contributed by atoms with E-state index >= 15 is 0 Å². The molecular formula is C23H26. The van der Waals surface area contributed by atoms with Crippen LogP contribution >= 0.6 is 0 Å². The topological polar surface area (TPSA) is 0 Å². The van der Waals surface area contributed by atoms with Crippen molar-refractivity contribution in [2.24, 2.45) is 17.8 Å². The van der Waals surface area contributed by atoms with Gasteiger partial charge in [-0.05, 0) is 59.3 Å². The zero-order chi connectivity index (χ0) is 15.4. The summed E-state index contributed by atoms with van der Waals surface area (Å²) >= 11 is 0. The third kappa shape index (κ3) is 1.67. The summed E-state index contributed by atoms with van der Waals surface area (Å²) in [7, 11) is 0. The van der Waals surface area contributed by atoms with E-state index in [4.69, 9.17) is 0 Å². The SMILES string of the molecule is CCC1CC2CCCC(C2)C12c1ccccc1-c1ccccc12. The van der Waals surface area contributed by atoms with Gasteiger partial charge in [-0.2, -0.15) is 0 Å². The monoisotopic (exact) mass is 302 g/mol. The molecule has 1 spiro atoms. The molecule has 0 N–H and O–H groups in total. The molecule has 3 aliphatic rings. The Balaban J connectivity index is 1.82. The second-order valence-electron chi connectivity index (χ2n) is 8.03. The molecule has 23 heavy (non-hydrogen) atoms. The van der Waals surface area contributed by atoms with Crippen LogP contribution in [0, 0.1) is 17.8 Å². The fourth-order valence-electron chi connectivity index (χ4n) is 6.51. The maximum atomic E-state index is 2.45. The maximum absolute atomic E-state index is 2.45. The van der Waals surface area contributed by atoms with Crippen LogP contribution in [-0.2, 0) is 5.41 Å². The Kier molecular flexibility index (Phi) is 2.99. The van der Waals surface area contributed by atoms with Gasteiger partial charge in [-0.1, -0.05) is 74.7 Å². The minimum atomic E-state index is 0.304. The molecule has 0 aromatic heterocycles. The zero-order valence-corrected chi connectivity index (χ0v) is 14.1. The number of hydrogen-bond donors (Lipinski definition) is 0. The summed E-state index contributed by atoms with van der Waals surface area (Å²) in [6, 6.07) is 18.6. The van der Waals surface area contributed by atoms with E-state index in [0.29, 0.717) is 5.41 Å². The number of fused-ring (bicyclic) bond motifs is 8. The van der Waals surface area contributed by atoms with Gasteiger partial charge in [0.15, 0.2) is 0 Å². The van der Waals surface area contributed by atoms with Crippen molar-refractivity contribution in [3.05, 3.63) is 59.7 Å². The van der Waals surface area contributed by atoms with Gasteiger partial charge in [0.2, 0.25) is 0 Å². The van der Waals surface area contributed by atoms with Crippen LogP contribution in [0.4, 0.5) is 0 Å². The molecular weight excluding hydrogens is 276 g/mol. The summed E-state index contributed by atoms with van der Waals surface area (Å²) in [6.07, 6.45) is 8.56. The Bertz CT molecular complexity index is 692. The standard InChI is InChI=1S/C23H26/c1-2-17-14-16-8-7-9-18(15-16)23(17)21-12-5-3-10-19(21)20-11-4-6-13-22(20)23/h3-6,10-13,16-18H,2,7-9,14-15H2,1H3. The Labute approximate surface area is 139 Å². The lowest BCUT2D eigenvalue weighted by Gasteiger charge is -2.54. The van der Waals surface area contributed by atoms with Crippen molar-refractivity contribution in [2.75, 3.05) is 0 Å². The molecule has 3 aliphatic carbocycles. The highest BCUT2D eigenvalue weighted by Gasteiger charge is 2.56. The third-order valence-electron chi connectivity index (χ3n) is 7.22. The van der Waals surface area contributed by atoms with E-state index in [2.05, 4.69) is 55.5 Å². The van der Waals surface area contributed by atoms with Crippen molar-refractivity contribution in [2.45, 2.75) is 50.9 Å². The van der Waals surface area contributed by atoms with Crippen molar-refractivity contribution in [1.82, 2.24) is 0 Å². The normalized spacial score (nSPS) is 30.0. The second-order valence-corrected chi connectivity index (χ2v) is 8.03. The Morgan fingerprint density at radius 1 is 0.870 bits per heavy atom. The molecule has 0 heteroatoms. The Morgan fingerprint density at radius 3 is 2.17 bits per heavy atom. The van der Waals surface area contributed by atoms with Crippen LogP contribution < -0.4 is 0 Å². The lowest BCUT2D eigenvalue weighted by Crippen LogP contribution is -2.48. The second kappa shape index (κ2) is 4.97. The minimum absolute atomic E-state index is 0.304. The average Bonchev–Trinajstić information content (AvgIpc) is 2.91. The van der Waals surface area contributed by atoms with Gasteiger partial charge in [0.05, 0.1) is 0 Å². The van der Waals surface area contributed by atoms with E-state index in [9.17, 15) is 0 Å². The molecule has 118 valence electrons. The van der Waals surface area contributed by atoms with Gasteiger partial charge < -0.3 is 0 Å². The molecule has 2 aromatic rings. The van der Waals surface area contributed by atoms with E-state index in [1.807, 2.05) is 0 Å². The molecule has 0 radical (unpaired) electrons. The van der Waals surface area contributed by atoms with Crippen LogP contribution in [0.1, 0.15) is 56.6 Å². The van der Waals surface area contributed by atoms with Gasteiger partial charge in [0.25, 0.3) is 0 Å². The molecule has 2 saturated carbocycles. The van der Waals surface area contributed by atoms with Crippen molar-refractivity contribution < 1.29 is 0 Å². The summed E-state index contributed by atoms with van der Waals surface area (Å²) in [5.41, 5.74) is 6.65. The Hall–Kier alpha value is -1.56. The lowest BCUT2D eigenvalue weighted by molar-refractivity contribution is 0.0557. The summed E-state index contributed by atoms with van der Waals surface area (Å²) in [5.74, 6) is 2.66. The Morgan fingerprint density at radius 2 is 1.52 bits per heavy atom. The van der Waals surface area contributed by atoms with Crippen LogP contribution in [0.3, 0.4) is 0 Å². The van der Waals surface area contributed by atoms with Gasteiger partial charge in [-0.3, -0.25) is 0 Å². The fourth-order valence-corrected chi connectivity index (χ4v) is 6.51. The van der Waals surface area contributed by atoms with Crippen LogP contribution in [-0.4, -0.2) is 0 Å². The van der Waals surface area contributed by atoms with E-state index in [1.165, 1.54) is 49.7 Å². The van der Waals surface area contributed by atoms with Crippen molar-refractivity contribution in [1.29, 1.82) is 0 Å². The van der Waals surface area contributed by atoms with Crippen LogP contribution in [0.2, 0.25) is 0 Å². The summed E-state index contributed by atoms with van der Waals surface area (Å²) in [6.45, 7) is 2.43. The molecule has 0 heterocycles. The fraction of sp³-hybridized carbons (Fsp3) is 0.478. The van der Waals surface area contributed by atoms with Gasteiger partial charge in [-0.25, -0.2) is 0 Å². The average molecular weight is 302 g/mol. The van der Waals surface area contributed by atoms with E-state index in [1.54, 1.807) is 11.1 Å². The largest absolute Gasteiger partial charge is 0.0651 e. The van der Waals surface area contributed by atoms with Gasteiger partial charge >= 0.3 is 0 Å². The van der Waals surface area contributed by atoms with E-state index < -0.39 is 0 Å². The molecule has 0 nitrogen and oxygen atoms in total. The van der Waals surface area contributed by atoms with E-state index in [-0.39, 0.29) is 0 Å². The lowest BCUT2D eigenvalue weighted by atomic mass is 9.50. The van der Waals surface area contributed by atoms with Gasteiger partial charge in [0.1, 0.15) is 0 Å². The van der Waals surface area contributed by atoms with Crippen LogP contribution in [0.15, 0.2) is 48.5 Å². The van der Waals surface area contributed by atoms with E-state index in [0.717, 1.165) is 17.8 Å². The molecule has 5 rings (SSSR count). The summed E-state index contributed by atoms with van der Waals surface area (Å²) in [5, 5.41) is 0.